The van der Waals surface area contributed by atoms with Crippen molar-refractivity contribution in [2.45, 2.75) is 9.79 Å². The van der Waals surface area contributed by atoms with Crippen molar-refractivity contribution in [1.29, 1.82) is 0 Å². The molecule has 4 aromatic rings. The standard InChI is InChI=1S/C24H20N2O4S/c25-23-21(30-18-9-5-2-6-10-18)15-16-22(24(23)26)31(27,28)20-13-11-19(12-14-20)29-17-7-3-1-4-8-17/h1-16H,25-26H2. The predicted molar refractivity (Wildman–Crippen MR) is 120 cm³/mol. The summed E-state index contributed by atoms with van der Waals surface area (Å²) >= 11 is 0. The van der Waals surface area contributed by atoms with E-state index in [1.54, 1.807) is 24.3 Å². The number of sulfone groups is 1. The molecule has 6 nitrogen and oxygen atoms in total. The second kappa shape index (κ2) is 8.41. The molecule has 0 radical (unpaired) electrons. The highest BCUT2D eigenvalue weighted by atomic mass is 32.2. The minimum atomic E-state index is -3.89. The third-order valence-electron chi connectivity index (χ3n) is 4.58. The fourth-order valence-corrected chi connectivity index (χ4v) is 4.37. The number of rotatable bonds is 6. The van der Waals surface area contributed by atoms with Gasteiger partial charge in [0.1, 0.15) is 17.2 Å². The molecule has 0 fully saturated rings. The van der Waals surface area contributed by atoms with Crippen LogP contribution in [0.3, 0.4) is 0 Å². The minimum Gasteiger partial charge on any atom is -0.457 e. The maximum Gasteiger partial charge on any atom is 0.208 e. The van der Waals surface area contributed by atoms with Crippen LogP contribution in [0.15, 0.2) is 107 Å². The molecule has 7 heteroatoms. The van der Waals surface area contributed by atoms with Gasteiger partial charge in [-0.15, -0.1) is 0 Å². The van der Waals surface area contributed by atoms with Gasteiger partial charge in [-0.05, 0) is 60.7 Å². The predicted octanol–water partition coefficient (Wildman–Crippen LogP) is 5.27. The van der Waals surface area contributed by atoms with Gasteiger partial charge in [0.2, 0.25) is 9.84 Å². The smallest absolute Gasteiger partial charge is 0.208 e. The van der Waals surface area contributed by atoms with E-state index in [4.69, 9.17) is 20.9 Å². The fraction of sp³-hybridized carbons (Fsp3) is 0. The number of nitrogen functional groups attached to an aromatic ring is 2. The van der Waals surface area contributed by atoms with Crippen LogP contribution in [-0.2, 0) is 9.84 Å². The van der Waals surface area contributed by atoms with Crippen molar-refractivity contribution in [3.63, 3.8) is 0 Å². The summed E-state index contributed by atoms with van der Waals surface area (Å²) in [6.45, 7) is 0. The van der Waals surface area contributed by atoms with E-state index in [0.29, 0.717) is 17.2 Å². The molecule has 0 aliphatic rings. The molecule has 0 spiro atoms. The lowest BCUT2D eigenvalue weighted by molar-refractivity contribution is 0.482. The lowest BCUT2D eigenvalue weighted by atomic mass is 10.2. The third-order valence-corrected chi connectivity index (χ3v) is 6.41. The topological polar surface area (TPSA) is 105 Å². The normalized spacial score (nSPS) is 11.1. The first kappa shape index (κ1) is 20.3. The van der Waals surface area contributed by atoms with Gasteiger partial charge in [0.25, 0.3) is 0 Å². The SMILES string of the molecule is Nc1c(Oc2ccccc2)ccc(S(=O)(=O)c2ccc(Oc3ccccc3)cc2)c1N. The Labute approximate surface area is 180 Å². The average molecular weight is 433 g/mol. The third kappa shape index (κ3) is 4.31. The highest BCUT2D eigenvalue weighted by Crippen LogP contribution is 2.38. The van der Waals surface area contributed by atoms with Crippen molar-refractivity contribution in [2.24, 2.45) is 0 Å². The molecule has 0 atom stereocenters. The number of hydrogen-bond donors (Lipinski definition) is 2. The van der Waals surface area contributed by atoms with Crippen LogP contribution in [0.5, 0.6) is 23.0 Å². The molecule has 0 heterocycles. The summed E-state index contributed by atoms with van der Waals surface area (Å²) in [7, 11) is -3.89. The molecule has 156 valence electrons. The number of para-hydroxylation sites is 2. The van der Waals surface area contributed by atoms with E-state index in [9.17, 15) is 8.42 Å². The largest absolute Gasteiger partial charge is 0.457 e. The second-order valence-corrected chi connectivity index (χ2v) is 8.61. The van der Waals surface area contributed by atoms with E-state index in [1.165, 1.54) is 24.3 Å². The molecule has 0 aliphatic carbocycles. The molecular formula is C24H20N2O4S. The summed E-state index contributed by atoms with van der Waals surface area (Å²) in [5, 5.41) is 0. The molecule has 0 unspecified atom stereocenters. The Morgan fingerprint density at radius 1 is 0.548 bits per heavy atom. The molecule has 0 saturated heterocycles. The van der Waals surface area contributed by atoms with Crippen molar-refractivity contribution >= 4 is 21.2 Å². The Balaban J connectivity index is 1.60. The molecule has 4 rings (SSSR count). The number of benzene rings is 4. The van der Waals surface area contributed by atoms with Gasteiger partial charge in [0.05, 0.1) is 21.2 Å². The van der Waals surface area contributed by atoms with E-state index in [2.05, 4.69) is 0 Å². The average Bonchev–Trinajstić information content (AvgIpc) is 2.79. The molecule has 0 aliphatic heterocycles. The second-order valence-electron chi connectivity index (χ2n) is 6.69. The summed E-state index contributed by atoms with van der Waals surface area (Å²) < 4.78 is 37.7. The maximum absolute atomic E-state index is 13.1. The molecule has 0 aromatic heterocycles. The fourth-order valence-electron chi connectivity index (χ4n) is 2.97. The quantitative estimate of drug-likeness (QED) is 0.402. The van der Waals surface area contributed by atoms with Gasteiger partial charge in [-0.25, -0.2) is 8.42 Å². The molecule has 4 aromatic carbocycles. The van der Waals surface area contributed by atoms with Gasteiger partial charge in [0, 0.05) is 0 Å². The molecule has 0 bridgehead atoms. The summed E-state index contributed by atoms with van der Waals surface area (Å²) in [4.78, 5) is -0.00196. The van der Waals surface area contributed by atoms with Crippen LogP contribution in [0.2, 0.25) is 0 Å². The Kier molecular flexibility index (Phi) is 5.51. The van der Waals surface area contributed by atoms with Crippen molar-refractivity contribution in [3.05, 3.63) is 97.1 Å². The van der Waals surface area contributed by atoms with E-state index in [1.807, 2.05) is 48.5 Å². The first-order valence-electron chi connectivity index (χ1n) is 9.44. The summed E-state index contributed by atoms with van der Waals surface area (Å²) in [6, 6.07) is 27.3. The van der Waals surface area contributed by atoms with E-state index < -0.39 is 9.84 Å². The van der Waals surface area contributed by atoms with Crippen LogP contribution >= 0.6 is 0 Å². The van der Waals surface area contributed by atoms with Crippen LogP contribution in [0, 0.1) is 0 Å². The number of anilines is 2. The van der Waals surface area contributed by atoms with Crippen molar-refractivity contribution in [3.8, 4) is 23.0 Å². The first-order valence-corrected chi connectivity index (χ1v) is 10.9. The van der Waals surface area contributed by atoms with Crippen molar-refractivity contribution in [1.82, 2.24) is 0 Å². The lowest BCUT2D eigenvalue weighted by Crippen LogP contribution is -2.08. The Morgan fingerprint density at radius 2 is 1.06 bits per heavy atom. The number of ether oxygens (including phenoxy) is 2. The first-order chi connectivity index (χ1) is 14.9. The highest BCUT2D eigenvalue weighted by molar-refractivity contribution is 7.91. The molecule has 0 saturated carbocycles. The molecule has 0 amide bonds. The van der Waals surface area contributed by atoms with Crippen LogP contribution < -0.4 is 20.9 Å². The summed E-state index contributed by atoms with van der Waals surface area (Å²) in [6.07, 6.45) is 0. The maximum atomic E-state index is 13.1. The summed E-state index contributed by atoms with van der Waals surface area (Å²) in [5.41, 5.74) is 12.2. The van der Waals surface area contributed by atoms with Crippen LogP contribution in [0.25, 0.3) is 0 Å². The number of nitrogens with two attached hydrogens (primary N) is 2. The van der Waals surface area contributed by atoms with Gasteiger partial charge in [-0.1, -0.05) is 36.4 Å². The van der Waals surface area contributed by atoms with Gasteiger partial charge in [-0.3, -0.25) is 0 Å². The molecule has 31 heavy (non-hydrogen) atoms. The Bertz CT molecular complexity index is 1290. The van der Waals surface area contributed by atoms with Crippen molar-refractivity contribution < 1.29 is 17.9 Å². The number of hydrogen-bond acceptors (Lipinski definition) is 6. The Hall–Kier alpha value is -3.97. The van der Waals surface area contributed by atoms with E-state index >= 15 is 0 Å². The van der Waals surface area contributed by atoms with Crippen LogP contribution in [0.1, 0.15) is 0 Å². The van der Waals surface area contributed by atoms with Gasteiger partial charge in [-0.2, -0.15) is 0 Å². The van der Waals surface area contributed by atoms with E-state index in [-0.39, 0.29) is 26.9 Å². The zero-order valence-corrected chi connectivity index (χ0v) is 17.3. The van der Waals surface area contributed by atoms with Gasteiger partial charge >= 0.3 is 0 Å². The summed E-state index contributed by atoms with van der Waals surface area (Å²) in [5.74, 6) is 2.03. The zero-order chi connectivity index (χ0) is 21.8. The monoisotopic (exact) mass is 432 g/mol. The van der Waals surface area contributed by atoms with Crippen molar-refractivity contribution in [2.75, 3.05) is 11.5 Å². The highest BCUT2D eigenvalue weighted by Gasteiger charge is 2.23. The molecule has 4 N–H and O–H groups in total. The van der Waals surface area contributed by atoms with Gasteiger partial charge < -0.3 is 20.9 Å². The van der Waals surface area contributed by atoms with Crippen LogP contribution in [-0.4, -0.2) is 8.42 Å². The lowest BCUT2D eigenvalue weighted by Gasteiger charge is -2.14. The molecular weight excluding hydrogens is 412 g/mol. The van der Waals surface area contributed by atoms with Crippen LogP contribution in [0.4, 0.5) is 11.4 Å². The van der Waals surface area contributed by atoms with Gasteiger partial charge in [0.15, 0.2) is 5.75 Å². The minimum absolute atomic E-state index is 0.0574. The van der Waals surface area contributed by atoms with E-state index in [0.717, 1.165) is 0 Å². The Morgan fingerprint density at radius 3 is 1.65 bits per heavy atom. The zero-order valence-electron chi connectivity index (χ0n) is 16.4.